The van der Waals surface area contributed by atoms with Crippen molar-refractivity contribution in [1.82, 2.24) is 0 Å². The third-order valence-corrected chi connectivity index (χ3v) is 11.3. The summed E-state index contributed by atoms with van der Waals surface area (Å²) in [5.74, 6) is 0. The molecule has 8 aromatic carbocycles. The van der Waals surface area contributed by atoms with E-state index in [1.54, 1.807) is 0 Å². The second-order valence-electron chi connectivity index (χ2n) is 14.4. The number of hydrogen-bond acceptors (Lipinski definition) is 2. The van der Waals surface area contributed by atoms with Crippen molar-refractivity contribution in [3.63, 3.8) is 0 Å². The molecule has 10 aromatic rings. The molecule has 0 atom stereocenters. The monoisotopic (exact) mass is 640 g/mol. The van der Waals surface area contributed by atoms with Crippen LogP contribution in [-0.2, 0) is 5.41 Å². The van der Waals surface area contributed by atoms with Gasteiger partial charge >= 0.3 is 0 Å². The van der Waals surface area contributed by atoms with Crippen LogP contribution in [0.2, 0.25) is 0 Å². The van der Waals surface area contributed by atoms with Crippen LogP contribution in [0.1, 0.15) is 30.5 Å². The second kappa shape index (κ2) is 9.74. The first kappa shape index (κ1) is 27.8. The molecule has 0 spiro atoms. The normalized spacial score (nSPS) is 13.7. The van der Waals surface area contributed by atoms with Crippen LogP contribution >= 0.6 is 0 Å². The largest absolute Gasteiger partial charge is 0.456 e. The first-order chi connectivity index (χ1) is 24.5. The van der Waals surface area contributed by atoms with Gasteiger partial charge in [-0.05, 0) is 91.7 Å². The lowest BCUT2D eigenvalue weighted by molar-refractivity contribution is 0.657. The lowest BCUT2D eigenvalue weighted by Gasteiger charge is -2.23. The molecular formula is C48H32O2. The quantitative estimate of drug-likeness (QED) is 0.176. The van der Waals surface area contributed by atoms with Crippen LogP contribution in [0.3, 0.4) is 0 Å². The number of fused-ring (bicyclic) bond motifs is 12. The molecule has 1 aliphatic rings. The fourth-order valence-electron chi connectivity index (χ4n) is 9.17. The van der Waals surface area contributed by atoms with Crippen LogP contribution in [0.4, 0.5) is 0 Å². The summed E-state index contributed by atoms with van der Waals surface area (Å²) in [4.78, 5) is 0. The summed E-state index contributed by atoms with van der Waals surface area (Å²) < 4.78 is 13.5. The zero-order chi connectivity index (χ0) is 33.3. The molecule has 2 aromatic heterocycles. The maximum absolute atomic E-state index is 6.94. The average Bonchev–Trinajstić information content (AvgIpc) is 3.79. The molecule has 0 bridgehead atoms. The smallest absolute Gasteiger partial charge is 0.143 e. The lowest BCUT2D eigenvalue weighted by atomic mass is 9.79. The standard InChI is InChI=1S/C48H32O2/c1-27-13-12-20-35-30-24-23-28(25-41(30)50-46(27)35)42-31-15-4-6-17-33(31)43(34-18-7-5-16-32(34)42)38-26-37-29-14-8-10-21-39(29)48(2,3)45(37)44-36-19-9-11-22-40(36)49-47(38)44/h4-26H,1-3H3. The first-order valence-electron chi connectivity index (χ1n) is 17.4. The highest BCUT2D eigenvalue weighted by atomic mass is 16.3. The summed E-state index contributed by atoms with van der Waals surface area (Å²) in [5, 5.41) is 9.51. The SMILES string of the molecule is Cc1cccc2c1oc1cc(-c3c4ccccc4c(-c4cc5c(c6c4oc4ccccc46)C(C)(C)c4ccccc4-5)c4ccccc34)ccc12. The predicted octanol–water partition coefficient (Wildman–Crippen LogP) is 13.7. The molecule has 50 heavy (non-hydrogen) atoms. The Kier molecular flexibility index (Phi) is 5.41. The van der Waals surface area contributed by atoms with Gasteiger partial charge in [0.15, 0.2) is 0 Å². The minimum atomic E-state index is -0.169. The summed E-state index contributed by atoms with van der Waals surface area (Å²) in [5.41, 5.74) is 14.7. The molecule has 0 saturated heterocycles. The molecule has 0 N–H and O–H groups in total. The number of rotatable bonds is 2. The van der Waals surface area contributed by atoms with Crippen LogP contribution in [0.15, 0.2) is 148 Å². The first-order valence-corrected chi connectivity index (χ1v) is 17.4. The minimum Gasteiger partial charge on any atom is -0.456 e. The summed E-state index contributed by atoms with van der Waals surface area (Å²) in [6, 6.07) is 50.7. The van der Waals surface area contributed by atoms with Gasteiger partial charge in [-0.3, -0.25) is 0 Å². The van der Waals surface area contributed by atoms with Gasteiger partial charge in [-0.25, -0.2) is 0 Å². The van der Waals surface area contributed by atoms with Gasteiger partial charge in [-0.15, -0.1) is 0 Å². The van der Waals surface area contributed by atoms with E-state index in [-0.39, 0.29) is 5.41 Å². The third kappa shape index (κ3) is 3.53. The van der Waals surface area contributed by atoms with Crippen molar-refractivity contribution in [3.05, 3.63) is 156 Å². The highest BCUT2D eigenvalue weighted by Crippen LogP contribution is 2.56. The van der Waals surface area contributed by atoms with Crippen LogP contribution in [0.25, 0.3) is 98.8 Å². The third-order valence-electron chi connectivity index (χ3n) is 11.3. The van der Waals surface area contributed by atoms with E-state index in [1.165, 1.54) is 65.7 Å². The van der Waals surface area contributed by atoms with Gasteiger partial charge < -0.3 is 8.83 Å². The molecule has 2 heteroatoms. The topological polar surface area (TPSA) is 26.3 Å². The minimum absolute atomic E-state index is 0.169. The van der Waals surface area contributed by atoms with Crippen molar-refractivity contribution < 1.29 is 8.83 Å². The van der Waals surface area contributed by atoms with E-state index in [9.17, 15) is 0 Å². The van der Waals surface area contributed by atoms with E-state index in [0.29, 0.717) is 0 Å². The van der Waals surface area contributed by atoms with E-state index in [0.717, 1.165) is 49.8 Å². The molecule has 0 unspecified atom stereocenters. The highest BCUT2D eigenvalue weighted by Gasteiger charge is 2.39. The van der Waals surface area contributed by atoms with Crippen LogP contribution in [0, 0.1) is 6.92 Å². The van der Waals surface area contributed by atoms with E-state index >= 15 is 0 Å². The molecule has 0 amide bonds. The Hall–Kier alpha value is -6.12. The summed E-state index contributed by atoms with van der Waals surface area (Å²) in [6.07, 6.45) is 0. The fourth-order valence-corrected chi connectivity index (χ4v) is 9.17. The Morgan fingerprint density at radius 1 is 0.440 bits per heavy atom. The van der Waals surface area contributed by atoms with Crippen molar-refractivity contribution in [2.75, 3.05) is 0 Å². The Labute approximate surface area is 289 Å². The lowest BCUT2D eigenvalue weighted by Crippen LogP contribution is -2.15. The highest BCUT2D eigenvalue weighted by molar-refractivity contribution is 6.26. The van der Waals surface area contributed by atoms with Gasteiger partial charge in [-0.1, -0.05) is 129 Å². The average molecular weight is 641 g/mol. The van der Waals surface area contributed by atoms with Crippen molar-refractivity contribution in [2.45, 2.75) is 26.2 Å². The molecule has 11 rings (SSSR count). The van der Waals surface area contributed by atoms with Gasteiger partial charge in [0.25, 0.3) is 0 Å². The fraction of sp³-hybridized carbons (Fsp3) is 0.0833. The van der Waals surface area contributed by atoms with Crippen LogP contribution in [-0.4, -0.2) is 0 Å². The summed E-state index contributed by atoms with van der Waals surface area (Å²) in [7, 11) is 0. The number of aryl methyl sites for hydroxylation is 1. The number of furan rings is 2. The molecule has 0 radical (unpaired) electrons. The van der Waals surface area contributed by atoms with E-state index in [4.69, 9.17) is 8.83 Å². The second-order valence-corrected chi connectivity index (χ2v) is 14.4. The molecular weight excluding hydrogens is 609 g/mol. The van der Waals surface area contributed by atoms with Gasteiger partial charge in [0.2, 0.25) is 0 Å². The van der Waals surface area contributed by atoms with Crippen LogP contribution < -0.4 is 0 Å². The van der Waals surface area contributed by atoms with Gasteiger partial charge in [0.1, 0.15) is 22.3 Å². The molecule has 0 saturated carbocycles. The van der Waals surface area contributed by atoms with E-state index in [2.05, 4.69) is 160 Å². The molecule has 2 heterocycles. The summed E-state index contributed by atoms with van der Waals surface area (Å²) in [6.45, 7) is 6.83. The van der Waals surface area contributed by atoms with Crippen molar-refractivity contribution in [3.8, 4) is 33.4 Å². The maximum atomic E-state index is 6.94. The number of para-hydroxylation sites is 2. The van der Waals surface area contributed by atoms with Crippen LogP contribution in [0.5, 0.6) is 0 Å². The Balaban J connectivity index is 1.28. The predicted molar refractivity (Wildman–Crippen MR) is 209 cm³/mol. The molecule has 0 fully saturated rings. The Morgan fingerprint density at radius 2 is 1.06 bits per heavy atom. The Bertz CT molecular complexity index is 3020. The van der Waals surface area contributed by atoms with Gasteiger partial charge in [-0.2, -0.15) is 0 Å². The van der Waals surface area contributed by atoms with Gasteiger partial charge in [0, 0.05) is 38.1 Å². The number of benzene rings is 8. The molecule has 0 aliphatic heterocycles. The number of hydrogen-bond donors (Lipinski definition) is 0. The van der Waals surface area contributed by atoms with Gasteiger partial charge in [0.05, 0.1) is 0 Å². The Morgan fingerprint density at radius 3 is 1.82 bits per heavy atom. The summed E-state index contributed by atoms with van der Waals surface area (Å²) >= 11 is 0. The van der Waals surface area contributed by atoms with Crippen molar-refractivity contribution >= 4 is 65.4 Å². The van der Waals surface area contributed by atoms with E-state index < -0.39 is 0 Å². The van der Waals surface area contributed by atoms with Crippen molar-refractivity contribution in [2.24, 2.45) is 0 Å². The molecule has 1 aliphatic carbocycles. The zero-order valence-electron chi connectivity index (χ0n) is 28.1. The van der Waals surface area contributed by atoms with Crippen molar-refractivity contribution in [1.29, 1.82) is 0 Å². The molecule has 236 valence electrons. The maximum Gasteiger partial charge on any atom is 0.143 e. The van der Waals surface area contributed by atoms with E-state index in [1.807, 2.05) is 0 Å². The molecule has 2 nitrogen and oxygen atoms in total. The zero-order valence-corrected chi connectivity index (χ0v) is 28.1.